The van der Waals surface area contributed by atoms with Gasteiger partial charge in [-0.2, -0.15) is 0 Å². The van der Waals surface area contributed by atoms with Crippen LogP contribution >= 0.6 is 11.6 Å². The first-order chi connectivity index (χ1) is 14.0. The molecule has 0 saturated heterocycles. The zero-order chi connectivity index (χ0) is 22.5. The highest BCUT2D eigenvalue weighted by molar-refractivity contribution is 7.92. The van der Waals surface area contributed by atoms with Gasteiger partial charge < -0.3 is 14.8 Å². The Kier molecular flexibility index (Phi) is 7.97. The fraction of sp³-hybridized carbons (Fsp3) is 0.381. The molecule has 0 unspecified atom stereocenters. The number of nitrogens with zero attached hydrogens (tertiary/aromatic N) is 1. The summed E-state index contributed by atoms with van der Waals surface area (Å²) in [7, 11) is -2.37. The minimum Gasteiger partial charge on any atom is -0.495 e. The van der Waals surface area contributed by atoms with E-state index < -0.39 is 22.0 Å². The number of hydrogen-bond acceptors (Lipinski definition) is 5. The van der Waals surface area contributed by atoms with Crippen LogP contribution in [0.1, 0.15) is 18.1 Å². The summed E-state index contributed by atoms with van der Waals surface area (Å²) < 4.78 is 36.8. The van der Waals surface area contributed by atoms with Gasteiger partial charge in [0.15, 0.2) is 0 Å². The maximum absolute atomic E-state index is 12.7. The van der Waals surface area contributed by atoms with Crippen LogP contribution in [0.3, 0.4) is 0 Å². The number of amides is 1. The van der Waals surface area contributed by atoms with Gasteiger partial charge in [0, 0.05) is 5.02 Å². The Morgan fingerprint density at radius 1 is 1.17 bits per heavy atom. The van der Waals surface area contributed by atoms with Crippen LogP contribution in [-0.2, 0) is 14.8 Å². The number of rotatable bonds is 9. The molecule has 0 spiro atoms. The molecule has 2 aromatic carbocycles. The van der Waals surface area contributed by atoms with E-state index in [2.05, 4.69) is 5.32 Å². The standard InChI is InChI=1S/C21H27ClN2O5S/c1-14-6-8-18(12-15(14)2)29-11-10-23-21(25)16(3)24(30(5,26)27)19-13-17(22)7-9-20(19)28-4/h6-9,12-13,16H,10-11H2,1-5H3,(H,23,25)/t16-/m1/s1. The molecule has 0 fully saturated rings. The third-order valence-electron chi connectivity index (χ3n) is 4.62. The van der Waals surface area contributed by atoms with Gasteiger partial charge in [-0.25, -0.2) is 8.42 Å². The molecule has 1 N–H and O–H groups in total. The van der Waals surface area contributed by atoms with Crippen molar-refractivity contribution in [3.63, 3.8) is 0 Å². The van der Waals surface area contributed by atoms with Crippen LogP contribution in [0.5, 0.6) is 11.5 Å². The molecule has 0 aliphatic heterocycles. The maximum atomic E-state index is 12.7. The largest absolute Gasteiger partial charge is 0.495 e. The SMILES string of the molecule is COc1ccc(Cl)cc1N([C@H](C)C(=O)NCCOc1ccc(C)c(C)c1)S(C)(=O)=O. The lowest BCUT2D eigenvalue weighted by Gasteiger charge is -2.29. The van der Waals surface area contributed by atoms with Gasteiger partial charge in [-0.05, 0) is 62.2 Å². The van der Waals surface area contributed by atoms with Crippen molar-refractivity contribution >= 4 is 33.2 Å². The Morgan fingerprint density at radius 2 is 1.87 bits per heavy atom. The molecule has 164 valence electrons. The zero-order valence-corrected chi connectivity index (χ0v) is 19.3. The Balaban J connectivity index is 2.07. The number of anilines is 1. The van der Waals surface area contributed by atoms with Crippen molar-refractivity contribution in [2.75, 3.05) is 30.8 Å². The molecule has 1 amide bonds. The molecule has 0 saturated carbocycles. The number of carbonyl (C=O) groups excluding carboxylic acids is 1. The number of benzene rings is 2. The molecule has 0 radical (unpaired) electrons. The highest BCUT2D eigenvalue weighted by Gasteiger charge is 2.31. The number of hydrogen-bond donors (Lipinski definition) is 1. The van der Waals surface area contributed by atoms with Gasteiger partial charge in [0.1, 0.15) is 24.1 Å². The van der Waals surface area contributed by atoms with E-state index in [0.29, 0.717) is 16.5 Å². The zero-order valence-electron chi connectivity index (χ0n) is 17.7. The van der Waals surface area contributed by atoms with Crippen LogP contribution in [0, 0.1) is 13.8 Å². The van der Waals surface area contributed by atoms with Crippen molar-refractivity contribution in [1.29, 1.82) is 0 Å². The molecule has 0 bridgehead atoms. The van der Waals surface area contributed by atoms with Crippen LogP contribution in [0.2, 0.25) is 5.02 Å². The van der Waals surface area contributed by atoms with Crippen LogP contribution < -0.4 is 19.1 Å². The van der Waals surface area contributed by atoms with Crippen molar-refractivity contribution < 1.29 is 22.7 Å². The number of aryl methyl sites for hydroxylation is 2. The second-order valence-corrected chi connectivity index (χ2v) is 9.23. The van der Waals surface area contributed by atoms with E-state index in [1.165, 1.54) is 25.7 Å². The van der Waals surface area contributed by atoms with Gasteiger partial charge in [0.25, 0.3) is 0 Å². The van der Waals surface area contributed by atoms with Crippen molar-refractivity contribution in [3.8, 4) is 11.5 Å². The van der Waals surface area contributed by atoms with Crippen molar-refractivity contribution in [2.45, 2.75) is 26.8 Å². The fourth-order valence-electron chi connectivity index (χ4n) is 2.91. The van der Waals surface area contributed by atoms with Gasteiger partial charge in [0.05, 0.1) is 25.6 Å². The average Bonchev–Trinajstić information content (AvgIpc) is 2.67. The molecule has 0 aliphatic rings. The highest BCUT2D eigenvalue weighted by Crippen LogP contribution is 2.34. The number of carbonyl (C=O) groups is 1. The number of sulfonamides is 1. The number of nitrogens with one attached hydrogen (secondary N) is 1. The average molecular weight is 455 g/mol. The molecule has 0 aromatic heterocycles. The molecule has 30 heavy (non-hydrogen) atoms. The number of methoxy groups -OCH3 is 1. The first-order valence-electron chi connectivity index (χ1n) is 9.35. The minimum absolute atomic E-state index is 0.196. The van der Waals surface area contributed by atoms with E-state index >= 15 is 0 Å². The summed E-state index contributed by atoms with van der Waals surface area (Å²) in [5.41, 5.74) is 2.48. The van der Waals surface area contributed by atoms with E-state index in [1.807, 2.05) is 32.0 Å². The molecule has 9 heteroatoms. The summed E-state index contributed by atoms with van der Waals surface area (Å²) >= 11 is 6.04. The Bertz CT molecular complexity index is 1010. The third-order valence-corrected chi connectivity index (χ3v) is 6.08. The molecular weight excluding hydrogens is 428 g/mol. The molecular formula is C21H27ClN2O5S. The predicted molar refractivity (Wildman–Crippen MR) is 119 cm³/mol. The summed E-state index contributed by atoms with van der Waals surface area (Å²) in [6.45, 7) is 5.99. The summed E-state index contributed by atoms with van der Waals surface area (Å²) in [5, 5.41) is 3.04. The second kappa shape index (κ2) is 10.0. The van der Waals surface area contributed by atoms with Crippen molar-refractivity contribution in [1.82, 2.24) is 5.32 Å². The van der Waals surface area contributed by atoms with E-state index in [-0.39, 0.29) is 18.8 Å². The first kappa shape index (κ1) is 23.8. The number of halogens is 1. The summed E-state index contributed by atoms with van der Waals surface area (Å²) in [6, 6.07) is 9.33. The molecule has 0 heterocycles. The summed E-state index contributed by atoms with van der Waals surface area (Å²) in [5.74, 6) is 0.538. The lowest BCUT2D eigenvalue weighted by Crippen LogP contribution is -2.48. The van der Waals surface area contributed by atoms with E-state index in [4.69, 9.17) is 21.1 Å². The van der Waals surface area contributed by atoms with Gasteiger partial charge >= 0.3 is 0 Å². The summed E-state index contributed by atoms with van der Waals surface area (Å²) in [6.07, 6.45) is 1.03. The van der Waals surface area contributed by atoms with Gasteiger partial charge in [0.2, 0.25) is 15.9 Å². The molecule has 2 aromatic rings. The maximum Gasteiger partial charge on any atom is 0.243 e. The first-order valence-corrected chi connectivity index (χ1v) is 11.6. The quantitative estimate of drug-likeness (QED) is 0.587. The third kappa shape index (κ3) is 6.03. The fourth-order valence-corrected chi connectivity index (χ4v) is 4.25. The lowest BCUT2D eigenvalue weighted by molar-refractivity contribution is -0.121. The van der Waals surface area contributed by atoms with Gasteiger partial charge in [-0.3, -0.25) is 9.10 Å². The molecule has 1 atom stereocenters. The van der Waals surface area contributed by atoms with Crippen molar-refractivity contribution in [3.05, 3.63) is 52.5 Å². The molecule has 0 aliphatic carbocycles. The van der Waals surface area contributed by atoms with Crippen LogP contribution in [0.15, 0.2) is 36.4 Å². The summed E-state index contributed by atoms with van der Waals surface area (Å²) in [4.78, 5) is 12.7. The molecule has 2 rings (SSSR count). The van der Waals surface area contributed by atoms with Crippen LogP contribution in [-0.4, -0.2) is 46.9 Å². The monoisotopic (exact) mass is 454 g/mol. The molecule has 7 nitrogen and oxygen atoms in total. The van der Waals surface area contributed by atoms with E-state index in [0.717, 1.165) is 16.1 Å². The lowest BCUT2D eigenvalue weighted by atomic mass is 10.1. The van der Waals surface area contributed by atoms with Gasteiger partial charge in [-0.1, -0.05) is 17.7 Å². The minimum atomic E-state index is -3.79. The Morgan fingerprint density at radius 3 is 2.47 bits per heavy atom. The van der Waals surface area contributed by atoms with Crippen molar-refractivity contribution in [2.24, 2.45) is 0 Å². The number of ether oxygens (including phenoxy) is 2. The van der Waals surface area contributed by atoms with Crippen LogP contribution in [0.4, 0.5) is 5.69 Å². The predicted octanol–water partition coefficient (Wildman–Crippen LogP) is 3.32. The van der Waals surface area contributed by atoms with E-state index in [1.54, 1.807) is 12.1 Å². The topological polar surface area (TPSA) is 84.9 Å². The smallest absolute Gasteiger partial charge is 0.243 e. The van der Waals surface area contributed by atoms with Crippen LogP contribution in [0.25, 0.3) is 0 Å². The Labute approximate surface area is 183 Å². The normalized spacial score (nSPS) is 12.2. The Hall–Kier alpha value is -2.45. The second-order valence-electron chi connectivity index (χ2n) is 6.94. The van der Waals surface area contributed by atoms with Gasteiger partial charge in [-0.15, -0.1) is 0 Å². The van der Waals surface area contributed by atoms with E-state index in [9.17, 15) is 13.2 Å². The highest BCUT2D eigenvalue weighted by atomic mass is 35.5.